The third-order valence-electron chi connectivity index (χ3n) is 5.06. The number of rotatable bonds is 5. The number of likely N-dealkylation sites (tertiary alicyclic amines) is 1. The zero-order valence-corrected chi connectivity index (χ0v) is 17.0. The Kier molecular flexibility index (Phi) is 6.51. The highest BCUT2D eigenvalue weighted by molar-refractivity contribution is 6.00. The van der Waals surface area contributed by atoms with Gasteiger partial charge in [0.15, 0.2) is 0 Å². The molecule has 9 heteroatoms. The van der Waals surface area contributed by atoms with Crippen LogP contribution in [0.2, 0.25) is 0 Å². The molecule has 0 aromatic heterocycles. The number of nitrogens with one attached hydrogen (secondary N) is 2. The van der Waals surface area contributed by atoms with Crippen LogP contribution in [0.3, 0.4) is 0 Å². The monoisotopic (exact) mass is 411 g/mol. The molecule has 2 N–H and O–H groups in total. The number of nitro benzene ring substituents is 1. The van der Waals surface area contributed by atoms with Crippen molar-refractivity contribution < 1.29 is 14.5 Å². The summed E-state index contributed by atoms with van der Waals surface area (Å²) in [5.74, 6) is -0.352. The van der Waals surface area contributed by atoms with E-state index in [9.17, 15) is 19.7 Å². The van der Waals surface area contributed by atoms with Crippen molar-refractivity contribution in [2.45, 2.75) is 18.9 Å². The van der Waals surface area contributed by atoms with Gasteiger partial charge >= 0.3 is 6.03 Å². The summed E-state index contributed by atoms with van der Waals surface area (Å²) in [5, 5.41) is 16.9. The zero-order valence-electron chi connectivity index (χ0n) is 17.0. The maximum atomic E-state index is 12.8. The van der Waals surface area contributed by atoms with Crippen molar-refractivity contribution >= 4 is 29.0 Å². The molecule has 0 saturated carbocycles. The Morgan fingerprint density at radius 2 is 1.77 bits per heavy atom. The molecule has 1 heterocycles. The smallest absolute Gasteiger partial charge is 0.321 e. The van der Waals surface area contributed by atoms with Gasteiger partial charge in [-0.25, -0.2) is 4.79 Å². The average Bonchev–Trinajstić information content (AvgIpc) is 2.74. The van der Waals surface area contributed by atoms with E-state index in [1.165, 1.54) is 12.1 Å². The topological polar surface area (TPSA) is 108 Å². The lowest BCUT2D eigenvalue weighted by molar-refractivity contribution is -0.384. The molecule has 0 radical (unpaired) electrons. The first-order chi connectivity index (χ1) is 14.3. The second kappa shape index (κ2) is 9.25. The Bertz CT molecular complexity index is 924. The highest BCUT2D eigenvalue weighted by Gasteiger charge is 2.26. The summed E-state index contributed by atoms with van der Waals surface area (Å²) in [7, 11) is 3.56. The number of benzene rings is 2. The van der Waals surface area contributed by atoms with Crippen LogP contribution in [-0.4, -0.2) is 55.0 Å². The molecule has 9 nitrogen and oxygen atoms in total. The highest BCUT2D eigenvalue weighted by atomic mass is 16.6. The molecule has 0 atom stereocenters. The normalized spacial score (nSPS) is 14.1. The van der Waals surface area contributed by atoms with E-state index < -0.39 is 4.92 Å². The van der Waals surface area contributed by atoms with Crippen molar-refractivity contribution in [3.63, 3.8) is 0 Å². The average molecular weight is 411 g/mol. The molecule has 0 unspecified atom stereocenters. The van der Waals surface area contributed by atoms with E-state index in [2.05, 4.69) is 10.6 Å². The van der Waals surface area contributed by atoms with Gasteiger partial charge in [-0.15, -0.1) is 0 Å². The standard InChI is InChI=1S/C21H25N5O4/c1-24(2)19-9-8-17(26(29)30)14-18(19)20(27)22-16-10-12-25(13-11-16)21(28)23-15-6-4-3-5-7-15/h3-9,14,16H,10-13H2,1-2H3,(H,22,27)(H,23,28). The lowest BCUT2D eigenvalue weighted by atomic mass is 10.0. The lowest BCUT2D eigenvalue weighted by Crippen LogP contribution is -2.47. The predicted octanol–water partition coefficient (Wildman–Crippen LogP) is 3.09. The fourth-order valence-corrected chi connectivity index (χ4v) is 3.42. The maximum absolute atomic E-state index is 12.8. The SMILES string of the molecule is CN(C)c1ccc([N+](=O)[O-])cc1C(=O)NC1CCN(C(=O)Nc2ccccc2)CC1. The Labute approximate surface area is 174 Å². The Hall–Kier alpha value is -3.62. The van der Waals surface area contributed by atoms with E-state index in [1.807, 2.05) is 30.3 Å². The number of urea groups is 1. The highest BCUT2D eigenvalue weighted by Crippen LogP contribution is 2.25. The van der Waals surface area contributed by atoms with E-state index in [1.54, 1.807) is 30.0 Å². The quantitative estimate of drug-likeness (QED) is 0.581. The minimum absolute atomic E-state index is 0.104. The third-order valence-corrected chi connectivity index (χ3v) is 5.06. The van der Waals surface area contributed by atoms with Gasteiger partial charge in [0, 0.05) is 56.7 Å². The van der Waals surface area contributed by atoms with Gasteiger partial charge in [-0.2, -0.15) is 0 Å². The number of hydrogen-bond acceptors (Lipinski definition) is 5. The Balaban J connectivity index is 1.59. The number of amides is 3. The fourth-order valence-electron chi connectivity index (χ4n) is 3.42. The van der Waals surface area contributed by atoms with Gasteiger partial charge in [0.05, 0.1) is 10.5 Å². The predicted molar refractivity (Wildman–Crippen MR) is 115 cm³/mol. The number of non-ortho nitro benzene ring substituents is 1. The third kappa shape index (κ3) is 5.05. The summed E-state index contributed by atoms with van der Waals surface area (Å²) in [4.78, 5) is 39.3. The number of hydrogen-bond donors (Lipinski definition) is 2. The van der Waals surface area contributed by atoms with Gasteiger partial charge in [-0.05, 0) is 31.0 Å². The van der Waals surface area contributed by atoms with Crippen molar-refractivity contribution in [3.05, 3.63) is 64.2 Å². The van der Waals surface area contributed by atoms with E-state index in [0.717, 1.165) is 5.69 Å². The molecular formula is C21H25N5O4. The van der Waals surface area contributed by atoms with Crippen LogP contribution in [0.5, 0.6) is 0 Å². The summed E-state index contributed by atoms with van der Waals surface area (Å²) in [6.07, 6.45) is 1.22. The molecule has 0 aliphatic carbocycles. The van der Waals surface area contributed by atoms with Crippen LogP contribution in [0, 0.1) is 10.1 Å². The zero-order chi connectivity index (χ0) is 21.7. The van der Waals surface area contributed by atoms with Gasteiger partial charge in [-0.3, -0.25) is 14.9 Å². The minimum Gasteiger partial charge on any atom is -0.377 e. The summed E-state index contributed by atoms with van der Waals surface area (Å²) in [5.41, 5.74) is 1.48. The number of carbonyl (C=O) groups excluding carboxylic acids is 2. The second-order valence-electron chi connectivity index (χ2n) is 7.38. The number of nitro groups is 1. The van der Waals surface area contributed by atoms with Gasteiger partial charge in [0.25, 0.3) is 11.6 Å². The number of anilines is 2. The number of carbonyl (C=O) groups is 2. The number of para-hydroxylation sites is 1. The molecule has 2 aromatic rings. The summed E-state index contributed by atoms with van der Waals surface area (Å²) < 4.78 is 0. The van der Waals surface area contributed by atoms with Gasteiger partial charge in [-0.1, -0.05) is 18.2 Å². The first-order valence-corrected chi connectivity index (χ1v) is 9.72. The van der Waals surface area contributed by atoms with Gasteiger partial charge in [0.2, 0.25) is 0 Å². The van der Waals surface area contributed by atoms with E-state index >= 15 is 0 Å². The molecular weight excluding hydrogens is 386 g/mol. The van der Waals surface area contributed by atoms with Crippen molar-refractivity contribution in [3.8, 4) is 0 Å². The molecule has 1 fully saturated rings. The summed E-state index contributed by atoms with van der Waals surface area (Å²) >= 11 is 0. The molecule has 3 rings (SSSR count). The van der Waals surface area contributed by atoms with Crippen molar-refractivity contribution in [1.82, 2.24) is 10.2 Å². The number of nitrogens with zero attached hydrogens (tertiary/aromatic N) is 3. The minimum atomic E-state index is -0.514. The van der Waals surface area contributed by atoms with Crippen LogP contribution < -0.4 is 15.5 Å². The molecule has 0 spiro atoms. The fraction of sp³-hybridized carbons (Fsp3) is 0.333. The molecule has 1 saturated heterocycles. The van der Waals surface area contributed by atoms with Crippen LogP contribution in [0.25, 0.3) is 0 Å². The molecule has 2 aromatic carbocycles. The van der Waals surface area contributed by atoms with Crippen LogP contribution in [0.1, 0.15) is 23.2 Å². The second-order valence-corrected chi connectivity index (χ2v) is 7.38. The first kappa shape index (κ1) is 21.1. The van der Waals surface area contributed by atoms with Gasteiger partial charge < -0.3 is 20.4 Å². The molecule has 3 amide bonds. The van der Waals surface area contributed by atoms with Gasteiger partial charge in [0.1, 0.15) is 0 Å². The molecule has 1 aliphatic heterocycles. The van der Waals surface area contributed by atoms with E-state index in [0.29, 0.717) is 31.6 Å². The van der Waals surface area contributed by atoms with Crippen LogP contribution in [-0.2, 0) is 0 Å². The molecule has 1 aliphatic rings. The Morgan fingerprint density at radius 3 is 2.37 bits per heavy atom. The van der Waals surface area contributed by atoms with Crippen molar-refractivity contribution in [2.24, 2.45) is 0 Å². The molecule has 0 bridgehead atoms. The van der Waals surface area contributed by atoms with Crippen molar-refractivity contribution in [1.29, 1.82) is 0 Å². The maximum Gasteiger partial charge on any atom is 0.321 e. The Morgan fingerprint density at radius 1 is 1.10 bits per heavy atom. The number of piperidine rings is 1. The summed E-state index contributed by atoms with van der Waals surface area (Å²) in [6.45, 7) is 1.03. The molecule has 30 heavy (non-hydrogen) atoms. The van der Waals surface area contributed by atoms with Crippen molar-refractivity contribution in [2.75, 3.05) is 37.4 Å². The van der Waals surface area contributed by atoms with Crippen LogP contribution in [0.4, 0.5) is 21.9 Å². The lowest BCUT2D eigenvalue weighted by Gasteiger charge is -2.32. The van der Waals surface area contributed by atoms with Crippen LogP contribution >= 0.6 is 0 Å². The summed E-state index contributed by atoms with van der Waals surface area (Å²) in [6, 6.07) is 13.2. The largest absolute Gasteiger partial charge is 0.377 e. The van der Waals surface area contributed by atoms with E-state index in [-0.39, 0.29) is 29.2 Å². The first-order valence-electron chi connectivity index (χ1n) is 9.72. The van der Waals surface area contributed by atoms with E-state index in [4.69, 9.17) is 0 Å². The molecule has 158 valence electrons. The van der Waals surface area contributed by atoms with Crippen LogP contribution in [0.15, 0.2) is 48.5 Å².